The first-order valence-corrected chi connectivity index (χ1v) is 6.34. The van der Waals surface area contributed by atoms with Crippen LogP contribution in [0.1, 0.15) is 5.56 Å². The van der Waals surface area contributed by atoms with Gasteiger partial charge in [0.05, 0.1) is 5.02 Å². The first-order valence-electron chi connectivity index (χ1n) is 3.78. The van der Waals surface area contributed by atoms with Crippen LogP contribution in [0, 0.1) is 5.82 Å². The molecule has 0 aliphatic rings. The van der Waals surface area contributed by atoms with Gasteiger partial charge in [-0.15, -0.1) is 0 Å². The van der Waals surface area contributed by atoms with Crippen molar-refractivity contribution in [3.8, 4) is 0 Å². The first kappa shape index (κ1) is 11.3. The maximum atomic E-state index is 13.3. The Morgan fingerprint density at radius 3 is 2.85 bits per heavy atom. The van der Waals surface area contributed by atoms with Gasteiger partial charge in [0.25, 0.3) is 0 Å². The Hall–Kier alpha value is 0.270. The third-order valence-electron chi connectivity index (χ3n) is 1.70. The van der Waals surface area contributed by atoms with Crippen molar-refractivity contribution < 1.29 is 4.39 Å². The molecule has 0 atom stereocenters. The zero-order valence-electron chi connectivity index (χ0n) is 7.11. The lowest BCUT2D eigenvalue weighted by Crippen LogP contribution is -1.95. The fourth-order valence-electron chi connectivity index (χ4n) is 1.00. The lowest BCUT2D eigenvalue weighted by atomic mass is 10.1. The second kappa shape index (κ2) is 5.23. The van der Waals surface area contributed by atoms with Crippen LogP contribution in [-0.4, -0.2) is 12.0 Å². The molecule has 1 aromatic carbocycles. The summed E-state index contributed by atoms with van der Waals surface area (Å²) in [5.74, 6) is 0.709. The molecule has 1 rings (SSSR count). The molecule has 0 spiro atoms. The number of benzene rings is 1. The van der Waals surface area contributed by atoms with Crippen LogP contribution in [-0.2, 0) is 6.42 Å². The van der Waals surface area contributed by atoms with Crippen LogP contribution >= 0.6 is 39.3 Å². The molecule has 0 nitrogen and oxygen atoms in total. The number of thioether (sulfide) groups is 1. The van der Waals surface area contributed by atoms with E-state index in [0.717, 1.165) is 5.75 Å². The van der Waals surface area contributed by atoms with Crippen molar-refractivity contribution in [1.29, 1.82) is 0 Å². The lowest BCUT2D eigenvalue weighted by molar-refractivity contribution is 0.611. The smallest absolute Gasteiger partial charge is 0.127 e. The summed E-state index contributed by atoms with van der Waals surface area (Å²) in [6.07, 6.45) is 2.70. The number of hydrogen-bond acceptors (Lipinski definition) is 1. The Bertz CT molecular complexity index is 304. The monoisotopic (exact) mass is 282 g/mol. The van der Waals surface area contributed by atoms with Crippen molar-refractivity contribution >= 4 is 39.3 Å². The molecule has 0 amide bonds. The van der Waals surface area contributed by atoms with Gasteiger partial charge in [0, 0.05) is 10.0 Å². The Kier molecular flexibility index (Phi) is 4.56. The summed E-state index contributed by atoms with van der Waals surface area (Å²) >= 11 is 10.8. The molecule has 0 N–H and O–H groups in total. The second-order valence-electron chi connectivity index (χ2n) is 2.56. The standard InChI is InChI=1S/C9H9BrClFS/c1-13-5-4-6-8(12)3-2-7(11)9(6)10/h2-3H,4-5H2,1H3. The molecule has 0 aliphatic carbocycles. The fraction of sp³-hybridized carbons (Fsp3) is 0.333. The van der Waals surface area contributed by atoms with Gasteiger partial charge < -0.3 is 0 Å². The quantitative estimate of drug-likeness (QED) is 0.751. The normalized spacial score (nSPS) is 10.5. The molecule has 0 saturated heterocycles. The summed E-state index contributed by atoms with van der Waals surface area (Å²) in [6, 6.07) is 2.96. The Labute approximate surface area is 95.0 Å². The summed E-state index contributed by atoms with van der Waals surface area (Å²) in [6.45, 7) is 0. The average Bonchev–Trinajstić information content (AvgIpc) is 2.12. The summed E-state index contributed by atoms with van der Waals surface area (Å²) in [7, 11) is 0. The fourth-order valence-corrected chi connectivity index (χ4v) is 2.11. The van der Waals surface area contributed by atoms with Crippen molar-refractivity contribution in [3.63, 3.8) is 0 Å². The van der Waals surface area contributed by atoms with E-state index in [9.17, 15) is 4.39 Å². The van der Waals surface area contributed by atoms with E-state index in [1.165, 1.54) is 6.07 Å². The maximum absolute atomic E-state index is 13.3. The molecule has 13 heavy (non-hydrogen) atoms. The zero-order chi connectivity index (χ0) is 9.84. The summed E-state index contributed by atoms with van der Waals surface area (Å²) in [4.78, 5) is 0. The number of halogens is 3. The van der Waals surface area contributed by atoms with E-state index in [2.05, 4.69) is 15.9 Å². The van der Waals surface area contributed by atoms with Crippen molar-refractivity contribution in [3.05, 3.63) is 33.0 Å². The van der Waals surface area contributed by atoms with E-state index in [-0.39, 0.29) is 5.82 Å². The molecule has 4 heteroatoms. The summed E-state index contributed by atoms with van der Waals surface area (Å²) in [5.41, 5.74) is 0.668. The van der Waals surface area contributed by atoms with Gasteiger partial charge in [-0.1, -0.05) is 11.6 Å². The van der Waals surface area contributed by atoms with Crippen molar-refractivity contribution in [2.45, 2.75) is 6.42 Å². The highest BCUT2D eigenvalue weighted by Gasteiger charge is 2.09. The SMILES string of the molecule is CSCCc1c(F)ccc(Cl)c1Br. The minimum atomic E-state index is -0.190. The zero-order valence-corrected chi connectivity index (χ0v) is 10.3. The molecule has 0 heterocycles. The predicted octanol–water partition coefficient (Wildman–Crippen LogP) is 4.15. The van der Waals surface area contributed by atoms with E-state index in [0.29, 0.717) is 21.5 Å². The van der Waals surface area contributed by atoms with E-state index >= 15 is 0 Å². The lowest BCUT2D eigenvalue weighted by Gasteiger charge is -2.06. The van der Waals surface area contributed by atoms with Gasteiger partial charge in [-0.3, -0.25) is 0 Å². The summed E-state index contributed by atoms with van der Waals surface area (Å²) in [5, 5.41) is 0.567. The Balaban J connectivity index is 2.96. The van der Waals surface area contributed by atoms with Crippen LogP contribution in [0.2, 0.25) is 5.02 Å². The highest BCUT2D eigenvalue weighted by Crippen LogP contribution is 2.29. The number of rotatable bonds is 3. The molecule has 0 bridgehead atoms. The van der Waals surface area contributed by atoms with E-state index < -0.39 is 0 Å². The van der Waals surface area contributed by atoms with Crippen molar-refractivity contribution in [2.24, 2.45) is 0 Å². The van der Waals surface area contributed by atoms with E-state index in [1.807, 2.05) is 6.26 Å². The maximum Gasteiger partial charge on any atom is 0.127 e. The largest absolute Gasteiger partial charge is 0.207 e. The molecule has 0 aromatic heterocycles. The van der Waals surface area contributed by atoms with Crippen LogP contribution in [0.3, 0.4) is 0 Å². The van der Waals surface area contributed by atoms with Crippen LogP contribution < -0.4 is 0 Å². The van der Waals surface area contributed by atoms with E-state index in [4.69, 9.17) is 11.6 Å². The Morgan fingerprint density at radius 1 is 1.54 bits per heavy atom. The predicted molar refractivity (Wildman–Crippen MR) is 61.2 cm³/mol. The van der Waals surface area contributed by atoms with Gasteiger partial charge in [-0.2, -0.15) is 11.8 Å². The van der Waals surface area contributed by atoms with Crippen LogP contribution in [0.4, 0.5) is 4.39 Å². The Morgan fingerprint density at radius 2 is 2.23 bits per heavy atom. The van der Waals surface area contributed by atoms with E-state index in [1.54, 1.807) is 17.8 Å². The molecule has 0 saturated carbocycles. The van der Waals surface area contributed by atoms with Gasteiger partial charge in [0.2, 0.25) is 0 Å². The van der Waals surface area contributed by atoms with Crippen molar-refractivity contribution in [1.82, 2.24) is 0 Å². The van der Waals surface area contributed by atoms with Gasteiger partial charge in [0.15, 0.2) is 0 Å². The van der Waals surface area contributed by atoms with Crippen molar-refractivity contribution in [2.75, 3.05) is 12.0 Å². The van der Waals surface area contributed by atoms with Crippen LogP contribution in [0.5, 0.6) is 0 Å². The third kappa shape index (κ3) is 2.86. The van der Waals surface area contributed by atoms with Crippen LogP contribution in [0.25, 0.3) is 0 Å². The molecule has 0 unspecified atom stereocenters. The van der Waals surface area contributed by atoms with Crippen LogP contribution in [0.15, 0.2) is 16.6 Å². The first-order chi connectivity index (χ1) is 6.16. The number of hydrogen-bond donors (Lipinski definition) is 0. The molecular formula is C9H9BrClFS. The second-order valence-corrected chi connectivity index (χ2v) is 4.75. The van der Waals surface area contributed by atoms with Gasteiger partial charge in [-0.25, -0.2) is 4.39 Å². The molecule has 72 valence electrons. The molecular weight excluding hydrogens is 275 g/mol. The highest BCUT2D eigenvalue weighted by molar-refractivity contribution is 9.10. The van der Waals surface area contributed by atoms with Gasteiger partial charge in [0.1, 0.15) is 5.82 Å². The molecule has 0 aliphatic heterocycles. The minimum absolute atomic E-state index is 0.190. The van der Waals surface area contributed by atoms with Gasteiger partial charge in [-0.05, 0) is 46.5 Å². The average molecular weight is 284 g/mol. The molecule has 0 radical (unpaired) electrons. The molecule has 0 fully saturated rings. The van der Waals surface area contributed by atoms with Gasteiger partial charge >= 0.3 is 0 Å². The highest BCUT2D eigenvalue weighted by atomic mass is 79.9. The third-order valence-corrected chi connectivity index (χ3v) is 3.76. The molecule has 1 aromatic rings. The topological polar surface area (TPSA) is 0 Å². The summed E-state index contributed by atoms with van der Waals surface area (Å²) < 4.78 is 13.9. The minimum Gasteiger partial charge on any atom is -0.207 e.